The SMILES string of the molecule is CCn1nccc1S(=O)(=O)NC1CCCNC1.Cl. The third-order valence-electron chi connectivity index (χ3n) is 2.87. The van der Waals surface area contributed by atoms with Gasteiger partial charge in [0.15, 0.2) is 5.03 Å². The predicted molar refractivity (Wildman–Crippen MR) is 71.4 cm³/mol. The zero-order valence-electron chi connectivity index (χ0n) is 10.3. The van der Waals surface area contributed by atoms with Gasteiger partial charge in [0.1, 0.15) is 0 Å². The molecule has 8 heteroatoms. The highest BCUT2D eigenvalue weighted by molar-refractivity contribution is 7.89. The molecular formula is C10H19ClN4O2S. The molecule has 104 valence electrons. The molecular weight excluding hydrogens is 276 g/mol. The molecule has 18 heavy (non-hydrogen) atoms. The molecule has 1 aliphatic heterocycles. The summed E-state index contributed by atoms with van der Waals surface area (Å²) < 4.78 is 28.5. The molecule has 1 fully saturated rings. The van der Waals surface area contributed by atoms with Crippen molar-refractivity contribution in [1.82, 2.24) is 19.8 Å². The average Bonchev–Trinajstić information content (AvgIpc) is 2.78. The maximum Gasteiger partial charge on any atom is 0.258 e. The fourth-order valence-corrected chi connectivity index (χ4v) is 3.47. The highest BCUT2D eigenvalue weighted by Gasteiger charge is 2.24. The Morgan fingerprint density at radius 2 is 2.39 bits per heavy atom. The fourth-order valence-electron chi connectivity index (χ4n) is 2.02. The lowest BCUT2D eigenvalue weighted by atomic mass is 10.1. The molecule has 2 heterocycles. The van der Waals surface area contributed by atoms with Gasteiger partial charge < -0.3 is 5.32 Å². The van der Waals surface area contributed by atoms with Crippen LogP contribution in [0.15, 0.2) is 17.3 Å². The Balaban J connectivity index is 0.00000162. The van der Waals surface area contributed by atoms with Crippen molar-refractivity contribution >= 4 is 22.4 Å². The molecule has 0 aliphatic carbocycles. The number of sulfonamides is 1. The molecule has 1 aliphatic rings. The van der Waals surface area contributed by atoms with Crippen LogP contribution >= 0.6 is 12.4 Å². The van der Waals surface area contributed by atoms with E-state index in [4.69, 9.17) is 0 Å². The standard InChI is InChI=1S/C10H18N4O2S.ClH/c1-2-14-10(5-7-12-14)17(15,16)13-9-4-3-6-11-8-9;/h5,7,9,11,13H,2-4,6,8H2,1H3;1H. The summed E-state index contributed by atoms with van der Waals surface area (Å²) in [4.78, 5) is 0. The molecule has 1 aromatic heterocycles. The maximum absolute atomic E-state index is 12.1. The van der Waals surface area contributed by atoms with Crippen LogP contribution in [0.2, 0.25) is 0 Å². The number of piperidine rings is 1. The fraction of sp³-hybridized carbons (Fsp3) is 0.700. The van der Waals surface area contributed by atoms with Crippen molar-refractivity contribution in [3.63, 3.8) is 0 Å². The van der Waals surface area contributed by atoms with Crippen molar-refractivity contribution in [2.24, 2.45) is 0 Å². The summed E-state index contributed by atoms with van der Waals surface area (Å²) in [6, 6.07) is 1.51. The first kappa shape index (κ1) is 15.4. The van der Waals surface area contributed by atoms with E-state index < -0.39 is 10.0 Å². The van der Waals surface area contributed by atoms with Gasteiger partial charge in [-0.3, -0.25) is 4.68 Å². The molecule has 2 rings (SSSR count). The molecule has 0 aromatic carbocycles. The Morgan fingerprint density at radius 3 is 3.00 bits per heavy atom. The quantitative estimate of drug-likeness (QED) is 0.840. The van der Waals surface area contributed by atoms with Crippen molar-refractivity contribution in [1.29, 1.82) is 0 Å². The number of rotatable bonds is 4. The average molecular weight is 295 g/mol. The first-order valence-electron chi connectivity index (χ1n) is 5.88. The minimum Gasteiger partial charge on any atom is -0.315 e. The normalized spacial score (nSPS) is 20.4. The number of aromatic nitrogens is 2. The van der Waals surface area contributed by atoms with Gasteiger partial charge in [-0.25, -0.2) is 13.1 Å². The summed E-state index contributed by atoms with van der Waals surface area (Å²) in [6.45, 7) is 4.07. The predicted octanol–water partition coefficient (Wildman–Crippen LogP) is 0.355. The minimum absolute atomic E-state index is 0. The Morgan fingerprint density at radius 1 is 1.61 bits per heavy atom. The molecule has 0 amide bonds. The Kier molecular flexibility index (Phi) is 5.58. The van der Waals surface area contributed by atoms with Gasteiger partial charge in [0.2, 0.25) is 0 Å². The zero-order valence-corrected chi connectivity index (χ0v) is 11.9. The molecule has 1 atom stereocenters. The Hall–Kier alpha value is -0.630. The number of nitrogens with zero attached hydrogens (tertiary/aromatic N) is 2. The molecule has 0 radical (unpaired) electrons. The summed E-state index contributed by atoms with van der Waals surface area (Å²) >= 11 is 0. The second-order valence-corrected chi connectivity index (χ2v) is 5.81. The summed E-state index contributed by atoms with van der Waals surface area (Å²) in [5.41, 5.74) is 0. The Labute approximate surface area is 114 Å². The molecule has 0 spiro atoms. The summed E-state index contributed by atoms with van der Waals surface area (Å²) in [6.07, 6.45) is 3.39. The third kappa shape index (κ3) is 3.44. The topological polar surface area (TPSA) is 76.0 Å². The van der Waals surface area contributed by atoms with Crippen LogP contribution in [0.5, 0.6) is 0 Å². The van der Waals surface area contributed by atoms with E-state index in [9.17, 15) is 8.42 Å². The molecule has 0 saturated carbocycles. The first-order chi connectivity index (χ1) is 8.13. The number of halogens is 1. The van der Waals surface area contributed by atoms with Crippen LogP contribution in [-0.2, 0) is 16.6 Å². The lowest BCUT2D eigenvalue weighted by molar-refractivity contribution is 0.426. The second kappa shape index (κ2) is 6.51. The molecule has 0 bridgehead atoms. The van der Waals surface area contributed by atoms with Crippen LogP contribution in [0.1, 0.15) is 19.8 Å². The van der Waals surface area contributed by atoms with Crippen molar-refractivity contribution in [3.05, 3.63) is 12.3 Å². The highest BCUT2D eigenvalue weighted by Crippen LogP contribution is 2.11. The highest BCUT2D eigenvalue weighted by atomic mass is 35.5. The van der Waals surface area contributed by atoms with Gasteiger partial charge in [-0.05, 0) is 32.4 Å². The Bertz CT molecular complexity index is 468. The smallest absolute Gasteiger partial charge is 0.258 e. The van der Waals surface area contributed by atoms with E-state index in [0.29, 0.717) is 13.1 Å². The monoisotopic (exact) mass is 294 g/mol. The molecule has 2 N–H and O–H groups in total. The van der Waals surface area contributed by atoms with Gasteiger partial charge >= 0.3 is 0 Å². The third-order valence-corrected chi connectivity index (χ3v) is 4.41. The van der Waals surface area contributed by atoms with Crippen molar-refractivity contribution in [3.8, 4) is 0 Å². The number of hydrogen-bond acceptors (Lipinski definition) is 4. The van der Waals surface area contributed by atoms with Crippen LogP contribution in [0.4, 0.5) is 0 Å². The van der Waals surface area contributed by atoms with Crippen LogP contribution in [0.3, 0.4) is 0 Å². The summed E-state index contributed by atoms with van der Waals surface area (Å²) in [5.74, 6) is 0. The van der Waals surface area contributed by atoms with Gasteiger partial charge in [0.25, 0.3) is 10.0 Å². The summed E-state index contributed by atoms with van der Waals surface area (Å²) in [5, 5.41) is 7.40. The van der Waals surface area contributed by atoms with E-state index in [1.165, 1.54) is 16.9 Å². The number of aryl methyl sites for hydroxylation is 1. The van der Waals surface area contributed by atoms with E-state index in [1.54, 1.807) is 0 Å². The van der Waals surface area contributed by atoms with E-state index in [2.05, 4.69) is 15.1 Å². The largest absolute Gasteiger partial charge is 0.315 e. The van der Waals surface area contributed by atoms with E-state index in [1.807, 2.05) is 6.92 Å². The van der Waals surface area contributed by atoms with Crippen LogP contribution in [0.25, 0.3) is 0 Å². The first-order valence-corrected chi connectivity index (χ1v) is 7.36. The molecule has 1 aromatic rings. The number of nitrogens with one attached hydrogen (secondary N) is 2. The van der Waals surface area contributed by atoms with Crippen LogP contribution in [0, 0.1) is 0 Å². The lowest BCUT2D eigenvalue weighted by Crippen LogP contribution is -2.45. The van der Waals surface area contributed by atoms with Crippen LogP contribution < -0.4 is 10.0 Å². The second-order valence-electron chi connectivity index (χ2n) is 4.15. The molecule has 1 unspecified atom stereocenters. The van der Waals surface area contributed by atoms with Gasteiger partial charge in [0, 0.05) is 19.1 Å². The zero-order chi connectivity index (χ0) is 12.3. The number of hydrogen-bond donors (Lipinski definition) is 2. The van der Waals surface area contributed by atoms with E-state index >= 15 is 0 Å². The minimum atomic E-state index is -3.45. The van der Waals surface area contributed by atoms with E-state index in [-0.39, 0.29) is 23.5 Å². The van der Waals surface area contributed by atoms with Crippen molar-refractivity contribution < 1.29 is 8.42 Å². The van der Waals surface area contributed by atoms with Crippen LogP contribution in [-0.4, -0.2) is 37.3 Å². The molecule has 1 saturated heterocycles. The van der Waals surface area contributed by atoms with Crippen molar-refractivity contribution in [2.45, 2.75) is 37.4 Å². The lowest BCUT2D eigenvalue weighted by Gasteiger charge is -2.23. The van der Waals surface area contributed by atoms with Gasteiger partial charge in [-0.1, -0.05) is 0 Å². The van der Waals surface area contributed by atoms with Gasteiger partial charge in [0.05, 0.1) is 6.20 Å². The van der Waals surface area contributed by atoms with Gasteiger partial charge in [-0.15, -0.1) is 12.4 Å². The summed E-state index contributed by atoms with van der Waals surface area (Å²) in [7, 11) is -3.45. The van der Waals surface area contributed by atoms with Crippen molar-refractivity contribution in [2.75, 3.05) is 13.1 Å². The van der Waals surface area contributed by atoms with Gasteiger partial charge in [-0.2, -0.15) is 5.10 Å². The molecule has 6 nitrogen and oxygen atoms in total. The maximum atomic E-state index is 12.1. The van der Waals surface area contributed by atoms with E-state index in [0.717, 1.165) is 19.4 Å².